The number of rotatable bonds is 7. The van der Waals surface area contributed by atoms with Crippen LogP contribution in [-0.2, 0) is 20.1 Å². The molecule has 8 nitrogen and oxygen atoms in total. The molecule has 0 spiro atoms. The number of ether oxygens (including phenoxy) is 3. The second-order valence-corrected chi connectivity index (χ2v) is 5.22. The van der Waals surface area contributed by atoms with E-state index in [1.165, 1.54) is 0 Å². The normalized spacial score (nSPS) is 10.7. The number of guanidine groups is 1. The van der Waals surface area contributed by atoms with E-state index in [0.717, 1.165) is 11.3 Å². The van der Waals surface area contributed by atoms with Gasteiger partial charge in [0.25, 0.3) is 0 Å². The first kappa shape index (κ1) is 21.9. The largest absolute Gasteiger partial charge is 0.493 e. The molecule has 0 aliphatic rings. The van der Waals surface area contributed by atoms with E-state index in [1.807, 2.05) is 29.9 Å². The number of nitrogens with one attached hydrogen (secondary N) is 2. The van der Waals surface area contributed by atoms with Gasteiger partial charge in [-0.1, -0.05) is 0 Å². The summed E-state index contributed by atoms with van der Waals surface area (Å²) in [5.41, 5.74) is 2.00. The van der Waals surface area contributed by atoms with Gasteiger partial charge in [-0.2, -0.15) is 5.10 Å². The number of hydrogen-bond acceptors (Lipinski definition) is 5. The first-order valence-corrected chi connectivity index (χ1v) is 7.83. The van der Waals surface area contributed by atoms with E-state index < -0.39 is 0 Å². The van der Waals surface area contributed by atoms with Crippen molar-refractivity contribution in [2.24, 2.45) is 12.0 Å². The summed E-state index contributed by atoms with van der Waals surface area (Å²) in [5.74, 6) is 2.51. The van der Waals surface area contributed by atoms with Crippen molar-refractivity contribution < 1.29 is 14.2 Å². The molecule has 0 unspecified atom stereocenters. The fourth-order valence-corrected chi connectivity index (χ4v) is 2.45. The number of hydrogen-bond donors (Lipinski definition) is 2. The average Bonchev–Trinajstić information content (AvgIpc) is 3.05. The molecule has 26 heavy (non-hydrogen) atoms. The fourth-order valence-electron chi connectivity index (χ4n) is 2.45. The van der Waals surface area contributed by atoms with E-state index in [4.69, 9.17) is 14.2 Å². The van der Waals surface area contributed by atoms with Gasteiger partial charge in [0, 0.05) is 32.4 Å². The van der Waals surface area contributed by atoms with Crippen LogP contribution in [-0.4, -0.2) is 44.1 Å². The van der Waals surface area contributed by atoms with Crippen LogP contribution >= 0.6 is 24.0 Å². The van der Waals surface area contributed by atoms with Crippen LogP contribution in [0.4, 0.5) is 0 Å². The SMILES string of the molecule is CN=C(NCc1ccc(OC)c(OC)c1OC)NCc1ccnn1C.I. The Morgan fingerprint density at radius 1 is 1.04 bits per heavy atom. The molecule has 9 heteroatoms. The average molecular weight is 475 g/mol. The molecule has 0 saturated carbocycles. The zero-order valence-electron chi connectivity index (χ0n) is 15.7. The summed E-state index contributed by atoms with van der Waals surface area (Å²) in [6.07, 6.45) is 1.77. The van der Waals surface area contributed by atoms with Crippen molar-refractivity contribution in [3.63, 3.8) is 0 Å². The Labute approximate surface area is 170 Å². The number of aromatic nitrogens is 2. The molecule has 2 aromatic rings. The molecule has 0 aliphatic carbocycles. The van der Waals surface area contributed by atoms with Gasteiger partial charge in [-0.15, -0.1) is 24.0 Å². The number of aliphatic imine (C=N–C) groups is 1. The molecule has 1 heterocycles. The number of methoxy groups -OCH3 is 3. The molecule has 0 saturated heterocycles. The highest BCUT2D eigenvalue weighted by Gasteiger charge is 2.15. The molecule has 2 rings (SSSR count). The van der Waals surface area contributed by atoms with Crippen LogP contribution in [0.1, 0.15) is 11.3 Å². The van der Waals surface area contributed by atoms with Crippen LogP contribution in [0.5, 0.6) is 17.2 Å². The van der Waals surface area contributed by atoms with Crippen LogP contribution in [0.15, 0.2) is 29.4 Å². The van der Waals surface area contributed by atoms with Gasteiger partial charge in [-0.3, -0.25) is 9.67 Å². The molecular weight excluding hydrogens is 449 g/mol. The zero-order chi connectivity index (χ0) is 18.2. The van der Waals surface area contributed by atoms with Gasteiger partial charge in [0.05, 0.1) is 33.6 Å². The van der Waals surface area contributed by atoms with Crippen LogP contribution in [0.25, 0.3) is 0 Å². The molecular formula is C17H26IN5O3. The maximum absolute atomic E-state index is 5.49. The summed E-state index contributed by atoms with van der Waals surface area (Å²) in [4.78, 5) is 4.23. The molecule has 0 amide bonds. The summed E-state index contributed by atoms with van der Waals surface area (Å²) in [7, 11) is 8.42. The van der Waals surface area contributed by atoms with Crippen molar-refractivity contribution in [2.75, 3.05) is 28.4 Å². The third kappa shape index (κ3) is 5.16. The minimum atomic E-state index is 0. The molecule has 0 aliphatic heterocycles. The standard InChI is InChI=1S/C17H25N5O3.HI/c1-18-17(20-11-13-8-9-21-22(13)2)19-10-12-6-7-14(23-3)16(25-5)15(12)24-4;/h6-9H,10-11H2,1-5H3,(H2,18,19,20);1H. The third-order valence-electron chi connectivity index (χ3n) is 3.82. The van der Waals surface area contributed by atoms with Crippen molar-refractivity contribution >= 4 is 29.9 Å². The van der Waals surface area contributed by atoms with Crippen molar-refractivity contribution in [3.05, 3.63) is 35.7 Å². The Morgan fingerprint density at radius 2 is 1.73 bits per heavy atom. The minimum Gasteiger partial charge on any atom is -0.493 e. The third-order valence-corrected chi connectivity index (χ3v) is 3.82. The molecule has 144 valence electrons. The summed E-state index contributed by atoms with van der Waals surface area (Å²) < 4.78 is 18.0. The number of benzene rings is 1. The van der Waals surface area contributed by atoms with Crippen molar-refractivity contribution in [1.82, 2.24) is 20.4 Å². The molecule has 1 aromatic heterocycles. The Balaban J connectivity index is 0.00000338. The predicted molar refractivity (Wildman–Crippen MR) is 112 cm³/mol. The van der Waals surface area contributed by atoms with Crippen molar-refractivity contribution in [3.8, 4) is 17.2 Å². The lowest BCUT2D eigenvalue weighted by molar-refractivity contribution is 0.322. The van der Waals surface area contributed by atoms with Crippen LogP contribution in [0.3, 0.4) is 0 Å². The van der Waals surface area contributed by atoms with Gasteiger partial charge in [-0.25, -0.2) is 0 Å². The summed E-state index contributed by atoms with van der Waals surface area (Å²) in [5, 5.41) is 10.7. The van der Waals surface area contributed by atoms with E-state index in [2.05, 4.69) is 20.7 Å². The number of nitrogens with zero attached hydrogens (tertiary/aromatic N) is 3. The Kier molecular flexibility index (Phi) is 9.03. The summed E-state index contributed by atoms with van der Waals surface area (Å²) in [6, 6.07) is 5.74. The lowest BCUT2D eigenvalue weighted by Crippen LogP contribution is -2.36. The molecule has 0 atom stereocenters. The first-order chi connectivity index (χ1) is 12.1. The topological polar surface area (TPSA) is 81.9 Å². The maximum Gasteiger partial charge on any atom is 0.203 e. The molecule has 0 radical (unpaired) electrons. The molecule has 0 bridgehead atoms. The Bertz CT molecular complexity index is 733. The quantitative estimate of drug-likeness (QED) is 0.362. The van der Waals surface area contributed by atoms with E-state index in [9.17, 15) is 0 Å². The molecule has 2 N–H and O–H groups in total. The highest BCUT2D eigenvalue weighted by atomic mass is 127. The second kappa shape index (κ2) is 10.7. The Morgan fingerprint density at radius 3 is 2.27 bits per heavy atom. The van der Waals surface area contributed by atoms with Gasteiger partial charge in [0.2, 0.25) is 5.75 Å². The monoisotopic (exact) mass is 475 g/mol. The second-order valence-electron chi connectivity index (χ2n) is 5.22. The van der Waals surface area contributed by atoms with Gasteiger partial charge >= 0.3 is 0 Å². The highest BCUT2D eigenvalue weighted by molar-refractivity contribution is 14.0. The fraction of sp³-hybridized carbons (Fsp3) is 0.412. The zero-order valence-corrected chi connectivity index (χ0v) is 18.0. The van der Waals surface area contributed by atoms with Gasteiger partial charge < -0.3 is 24.8 Å². The minimum absolute atomic E-state index is 0. The number of halogens is 1. The van der Waals surface area contributed by atoms with Gasteiger partial charge in [0.1, 0.15) is 0 Å². The Hall–Kier alpha value is -2.17. The van der Waals surface area contributed by atoms with E-state index in [0.29, 0.717) is 36.3 Å². The molecule has 0 fully saturated rings. The van der Waals surface area contributed by atoms with Gasteiger partial charge in [-0.05, 0) is 18.2 Å². The van der Waals surface area contributed by atoms with E-state index in [-0.39, 0.29) is 24.0 Å². The molecule has 1 aromatic carbocycles. The summed E-state index contributed by atoms with van der Waals surface area (Å²) in [6.45, 7) is 1.15. The van der Waals surface area contributed by atoms with Crippen molar-refractivity contribution in [2.45, 2.75) is 13.1 Å². The van der Waals surface area contributed by atoms with Gasteiger partial charge in [0.15, 0.2) is 17.5 Å². The predicted octanol–water partition coefficient (Wildman–Crippen LogP) is 1.93. The summed E-state index contributed by atoms with van der Waals surface area (Å²) >= 11 is 0. The van der Waals surface area contributed by atoms with Crippen LogP contribution in [0.2, 0.25) is 0 Å². The lowest BCUT2D eigenvalue weighted by atomic mass is 10.1. The van der Waals surface area contributed by atoms with Crippen molar-refractivity contribution in [1.29, 1.82) is 0 Å². The highest BCUT2D eigenvalue weighted by Crippen LogP contribution is 2.39. The maximum atomic E-state index is 5.49. The lowest BCUT2D eigenvalue weighted by Gasteiger charge is -2.17. The van der Waals surface area contributed by atoms with E-state index in [1.54, 1.807) is 34.6 Å². The van der Waals surface area contributed by atoms with E-state index >= 15 is 0 Å². The smallest absolute Gasteiger partial charge is 0.203 e. The van der Waals surface area contributed by atoms with Crippen LogP contribution < -0.4 is 24.8 Å². The first-order valence-electron chi connectivity index (χ1n) is 7.83. The van der Waals surface area contributed by atoms with Crippen LogP contribution in [0, 0.1) is 0 Å². The number of aryl methyl sites for hydroxylation is 1.